The Hall–Kier alpha value is -2.34. The van der Waals surface area contributed by atoms with E-state index in [1.54, 1.807) is 24.4 Å². The number of methoxy groups -OCH3 is 1. The molecule has 0 saturated heterocycles. The molecule has 20 heavy (non-hydrogen) atoms. The molecule has 0 aliphatic heterocycles. The number of hydrogen-bond acceptors (Lipinski definition) is 5. The number of pyridine rings is 1. The van der Waals surface area contributed by atoms with Crippen LogP contribution in [-0.4, -0.2) is 17.0 Å². The summed E-state index contributed by atoms with van der Waals surface area (Å²) in [5, 5.41) is 11.4. The van der Waals surface area contributed by atoms with Crippen molar-refractivity contribution in [1.82, 2.24) is 4.98 Å². The molecule has 0 aliphatic rings. The fourth-order valence-corrected chi connectivity index (χ4v) is 1.65. The first-order valence-electron chi connectivity index (χ1n) is 5.66. The fraction of sp³-hybridized carbons (Fsp3) is 0.154. The van der Waals surface area contributed by atoms with Crippen LogP contribution in [0, 0.1) is 10.1 Å². The normalized spacial score (nSPS) is 10.1. The van der Waals surface area contributed by atoms with Gasteiger partial charge in [-0.05, 0) is 18.2 Å². The molecule has 0 bridgehead atoms. The van der Waals surface area contributed by atoms with Gasteiger partial charge in [-0.3, -0.25) is 10.1 Å². The summed E-state index contributed by atoms with van der Waals surface area (Å²) in [4.78, 5) is 14.4. The second kappa shape index (κ2) is 6.21. The van der Waals surface area contributed by atoms with Gasteiger partial charge in [-0.2, -0.15) is 0 Å². The Balaban J connectivity index is 2.16. The largest absolute Gasteiger partial charge is 0.496 e. The number of aromatic nitrogens is 1. The third-order valence-corrected chi connectivity index (χ3v) is 2.77. The van der Waals surface area contributed by atoms with Gasteiger partial charge in [0.25, 0.3) is 0 Å². The number of halogens is 1. The monoisotopic (exact) mass is 294 g/mol. The minimum atomic E-state index is -0.516. The molecule has 1 heterocycles. The van der Waals surface area contributed by atoms with E-state index in [1.807, 2.05) is 0 Å². The highest BCUT2D eigenvalue weighted by Gasteiger charge is 2.16. The van der Waals surface area contributed by atoms with Gasteiger partial charge in [-0.25, -0.2) is 4.98 Å². The molecule has 0 atom stereocenters. The predicted molar refractivity (Wildman–Crippen MR) is 73.2 cm³/mol. The third-order valence-electron chi connectivity index (χ3n) is 2.55. The lowest BCUT2D eigenvalue weighted by Gasteiger charge is -2.08. The molecule has 104 valence electrons. The van der Waals surface area contributed by atoms with Crippen LogP contribution >= 0.6 is 11.6 Å². The van der Waals surface area contributed by atoms with E-state index in [9.17, 15) is 10.1 Å². The van der Waals surface area contributed by atoms with Crippen LogP contribution in [0.25, 0.3) is 0 Å². The molecule has 1 aromatic carbocycles. The Morgan fingerprint density at radius 1 is 1.35 bits per heavy atom. The zero-order valence-electron chi connectivity index (χ0n) is 10.6. The van der Waals surface area contributed by atoms with Gasteiger partial charge in [0, 0.05) is 11.8 Å². The standard InChI is InChI=1S/C13H11ClN2O4/c1-19-10-3-4-12(11(6-10)16(17)18)20-8-9-2-5-13(14)15-7-9/h2-7H,8H2,1H3. The van der Waals surface area contributed by atoms with Gasteiger partial charge in [0.05, 0.1) is 18.1 Å². The molecule has 0 aliphatic carbocycles. The number of nitro benzene ring substituents is 1. The molecule has 6 nitrogen and oxygen atoms in total. The van der Waals surface area contributed by atoms with Gasteiger partial charge in [-0.1, -0.05) is 17.7 Å². The smallest absolute Gasteiger partial charge is 0.314 e. The second-order valence-corrected chi connectivity index (χ2v) is 4.26. The van der Waals surface area contributed by atoms with Crippen molar-refractivity contribution >= 4 is 17.3 Å². The van der Waals surface area contributed by atoms with Gasteiger partial charge in [0.1, 0.15) is 17.5 Å². The highest BCUT2D eigenvalue weighted by molar-refractivity contribution is 6.29. The van der Waals surface area contributed by atoms with Crippen LogP contribution in [0.5, 0.6) is 11.5 Å². The third kappa shape index (κ3) is 3.36. The quantitative estimate of drug-likeness (QED) is 0.481. The van der Waals surface area contributed by atoms with Crippen LogP contribution in [0.3, 0.4) is 0 Å². The van der Waals surface area contributed by atoms with Crippen LogP contribution in [0.4, 0.5) is 5.69 Å². The molecule has 0 radical (unpaired) electrons. The molecule has 0 unspecified atom stereocenters. The summed E-state index contributed by atoms with van der Waals surface area (Å²) >= 11 is 5.67. The van der Waals surface area contributed by atoms with Gasteiger partial charge < -0.3 is 9.47 Å². The van der Waals surface area contributed by atoms with E-state index in [4.69, 9.17) is 21.1 Å². The molecular weight excluding hydrogens is 284 g/mol. The van der Waals surface area contributed by atoms with E-state index in [-0.39, 0.29) is 18.0 Å². The van der Waals surface area contributed by atoms with Crippen molar-refractivity contribution in [1.29, 1.82) is 0 Å². The lowest BCUT2D eigenvalue weighted by atomic mass is 10.2. The van der Waals surface area contributed by atoms with Crippen molar-refractivity contribution in [2.24, 2.45) is 0 Å². The van der Waals surface area contributed by atoms with Gasteiger partial charge in [0.15, 0.2) is 5.75 Å². The summed E-state index contributed by atoms with van der Waals surface area (Å²) in [5.41, 5.74) is 0.616. The fourth-order valence-electron chi connectivity index (χ4n) is 1.54. The van der Waals surface area contributed by atoms with E-state index >= 15 is 0 Å². The molecule has 0 N–H and O–H groups in total. The summed E-state index contributed by atoms with van der Waals surface area (Å²) in [5.74, 6) is 0.572. The Bertz CT molecular complexity index is 616. The summed E-state index contributed by atoms with van der Waals surface area (Å²) in [6.07, 6.45) is 1.55. The maximum atomic E-state index is 11.0. The highest BCUT2D eigenvalue weighted by atomic mass is 35.5. The zero-order valence-corrected chi connectivity index (χ0v) is 11.3. The molecule has 0 spiro atoms. The van der Waals surface area contributed by atoms with Crippen molar-refractivity contribution in [2.75, 3.05) is 7.11 Å². The molecule has 0 fully saturated rings. The summed E-state index contributed by atoms with van der Waals surface area (Å²) < 4.78 is 10.4. The lowest BCUT2D eigenvalue weighted by Crippen LogP contribution is -2.00. The van der Waals surface area contributed by atoms with E-state index in [1.165, 1.54) is 19.2 Å². The van der Waals surface area contributed by atoms with Gasteiger partial charge in [0.2, 0.25) is 0 Å². The van der Waals surface area contributed by atoms with Crippen LogP contribution in [0.15, 0.2) is 36.5 Å². The first-order valence-corrected chi connectivity index (χ1v) is 6.03. The van der Waals surface area contributed by atoms with Crippen molar-refractivity contribution in [2.45, 2.75) is 6.61 Å². The van der Waals surface area contributed by atoms with Crippen molar-refractivity contribution in [3.63, 3.8) is 0 Å². The molecule has 2 aromatic rings. The van der Waals surface area contributed by atoms with Crippen molar-refractivity contribution < 1.29 is 14.4 Å². The van der Waals surface area contributed by atoms with E-state index in [2.05, 4.69) is 4.98 Å². The minimum absolute atomic E-state index is 0.147. The molecule has 7 heteroatoms. The Labute approximate surface area is 120 Å². The molecule has 1 aromatic heterocycles. The van der Waals surface area contributed by atoms with Crippen LogP contribution in [0.1, 0.15) is 5.56 Å². The number of benzene rings is 1. The van der Waals surface area contributed by atoms with E-state index in [0.29, 0.717) is 10.9 Å². The number of nitro groups is 1. The molecule has 2 rings (SSSR count). The van der Waals surface area contributed by atoms with E-state index in [0.717, 1.165) is 5.56 Å². The topological polar surface area (TPSA) is 74.5 Å². The average Bonchev–Trinajstić information content (AvgIpc) is 2.46. The van der Waals surface area contributed by atoms with Crippen LogP contribution in [-0.2, 0) is 6.61 Å². The van der Waals surface area contributed by atoms with Crippen LogP contribution < -0.4 is 9.47 Å². The zero-order chi connectivity index (χ0) is 14.5. The summed E-state index contributed by atoms with van der Waals surface area (Å²) in [6, 6.07) is 7.78. The number of ether oxygens (including phenoxy) is 2. The van der Waals surface area contributed by atoms with Crippen LogP contribution in [0.2, 0.25) is 5.15 Å². The maximum Gasteiger partial charge on any atom is 0.314 e. The summed E-state index contributed by atoms with van der Waals surface area (Å²) in [7, 11) is 1.44. The highest BCUT2D eigenvalue weighted by Crippen LogP contribution is 2.31. The Kier molecular flexibility index (Phi) is 4.37. The number of rotatable bonds is 5. The van der Waals surface area contributed by atoms with E-state index < -0.39 is 4.92 Å². The first kappa shape index (κ1) is 14.1. The SMILES string of the molecule is COc1ccc(OCc2ccc(Cl)nc2)c([N+](=O)[O-])c1. The summed E-state index contributed by atoms with van der Waals surface area (Å²) in [6.45, 7) is 0.164. The first-order chi connectivity index (χ1) is 9.60. The molecule has 0 saturated carbocycles. The minimum Gasteiger partial charge on any atom is -0.496 e. The average molecular weight is 295 g/mol. The second-order valence-electron chi connectivity index (χ2n) is 3.87. The van der Waals surface area contributed by atoms with Crippen molar-refractivity contribution in [3.8, 4) is 11.5 Å². The Morgan fingerprint density at radius 3 is 2.75 bits per heavy atom. The number of hydrogen-bond donors (Lipinski definition) is 0. The predicted octanol–water partition coefficient (Wildman–Crippen LogP) is 3.23. The van der Waals surface area contributed by atoms with Gasteiger partial charge >= 0.3 is 5.69 Å². The molecular formula is C13H11ClN2O4. The number of nitrogens with zero attached hydrogens (tertiary/aromatic N) is 2. The van der Waals surface area contributed by atoms with Gasteiger partial charge in [-0.15, -0.1) is 0 Å². The molecule has 0 amide bonds. The maximum absolute atomic E-state index is 11.0. The van der Waals surface area contributed by atoms with Crippen molar-refractivity contribution in [3.05, 3.63) is 57.4 Å². The Morgan fingerprint density at radius 2 is 2.15 bits per heavy atom. The lowest BCUT2D eigenvalue weighted by molar-refractivity contribution is -0.386.